The third-order valence-electron chi connectivity index (χ3n) is 3.34. The van der Waals surface area contributed by atoms with Gasteiger partial charge in [-0.1, -0.05) is 0 Å². The molecule has 0 aliphatic heterocycles. The fourth-order valence-corrected chi connectivity index (χ4v) is 2.29. The lowest BCUT2D eigenvalue weighted by molar-refractivity contribution is 0.0774. The van der Waals surface area contributed by atoms with Crippen molar-refractivity contribution in [2.24, 2.45) is 12.8 Å². The fourth-order valence-electron chi connectivity index (χ4n) is 2.29. The number of carbonyl (C=O) groups excluding carboxylic acids is 2. The number of aromatic nitrogens is 2. The molecule has 0 saturated carbocycles. The average Bonchev–Trinajstić information content (AvgIpc) is 2.79. The standard InChI is InChI=1S/C14H18N4O2/c1-4-18(5-2)14(20)9-6-7-10(13(15)19)12-11(9)8-17(3)16-12/h6-8H,4-5H2,1-3H3,(H2,15,19). The first-order chi connectivity index (χ1) is 9.49. The Hall–Kier alpha value is -2.37. The molecule has 0 bridgehead atoms. The minimum Gasteiger partial charge on any atom is -0.366 e. The molecule has 6 heteroatoms. The van der Waals surface area contributed by atoms with E-state index < -0.39 is 5.91 Å². The van der Waals surface area contributed by atoms with Gasteiger partial charge in [0.15, 0.2) is 0 Å². The lowest BCUT2D eigenvalue weighted by atomic mass is 10.0. The van der Waals surface area contributed by atoms with Gasteiger partial charge in [0.2, 0.25) is 0 Å². The highest BCUT2D eigenvalue weighted by Crippen LogP contribution is 2.22. The predicted molar refractivity (Wildman–Crippen MR) is 76.5 cm³/mol. The van der Waals surface area contributed by atoms with Crippen LogP contribution in [0.3, 0.4) is 0 Å². The monoisotopic (exact) mass is 274 g/mol. The van der Waals surface area contributed by atoms with Gasteiger partial charge in [0.25, 0.3) is 11.8 Å². The zero-order chi connectivity index (χ0) is 14.9. The van der Waals surface area contributed by atoms with Crippen molar-refractivity contribution in [3.05, 3.63) is 29.5 Å². The minimum absolute atomic E-state index is 0.0657. The molecule has 2 N–H and O–H groups in total. The van der Waals surface area contributed by atoms with E-state index in [-0.39, 0.29) is 5.91 Å². The van der Waals surface area contributed by atoms with E-state index in [0.29, 0.717) is 35.1 Å². The van der Waals surface area contributed by atoms with Gasteiger partial charge in [-0.3, -0.25) is 14.3 Å². The number of benzene rings is 1. The number of nitrogens with two attached hydrogens (primary N) is 1. The molecule has 0 radical (unpaired) electrons. The van der Waals surface area contributed by atoms with Crippen LogP contribution in [0.5, 0.6) is 0 Å². The number of carbonyl (C=O) groups is 2. The molecule has 1 aromatic heterocycles. The van der Waals surface area contributed by atoms with Gasteiger partial charge >= 0.3 is 0 Å². The van der Waals surface area contributed by atoms with Crippen molar-refractivity contribution < 1.29 is 9.59 Å². The van der Waals surface area contributed by atoms with Gasteiger partial charge in [0, 0.05) is 31.7 Å². The Morgan fingerprint density at radius 3 is 2.40 bits per heavy atom. The summed E-state index contributed by atoms with van der Waals surface area (Å²) in [7, 11) is 1.75. The summed E-state index contributed by atoms with van der Waals surface area (Å²) in [4.78, 5) is 25.6. The van der Waals surface area contributed by atoms with E-state index in [9.17, 15) is 9.59 Å². The van der Waals surface area contributed by atoms with Gasteiger partial charge < -0.3 is 10.6 Å². The maximum absolute atomic E-state index is 12.5. The maximum atomic E-state index is 12.5. The molecule has 0 spiro atoms. The SMILES string of the molecule is CCN(CC)C(=O)c1ccc(C(N)=O)c2nn(C)cc12. The fraction of sp³-hybridized carbons (Fsp3) is 0.357. The molecule has 6 nitrogen and oxygen atoms in total. The number of fused-ring (bicyclic) bond motifs is 1. The number of nitrogens with zero attached hydrogens (tertiary/aromatic N) is 3. The number of hydrogen-bond donors (Lipinski definition) is 1. The molecule has 0 unspecified atom stereocenters. The summed E-state index contributed by atoms with van der Waals surface area (Å²) in [6.07, 6.45) is 1.73. The van der Waals surface area contributed by atoms with Gasteiger partial charge in [-0.2, -0.15) is 5.10 Å². The molecule has 106 valence electrons. The summed E-state index contributed by atoms with van der Waals surface area (Å²) < 4.78 is 1.58. The van der Waals surface area contributed by atoms with Crippen LogP contribution < -0.4 is 5.73 Å². The van der Waals surface area contributed by atoms with Crippen LogP contribution in [0.15, 0.2) is 18.3 Å². The zero-order valence-corrected chi connectivity index (χ0v) is 11.9. The van der Waals surface area contributed by atoms with Gasteiger partial charge in [-0.25, -0.2) is 0 Å². The van der Waals surface area contributed by atoms with Crippen LogP contribution in [0.4, 0.5) is 0 Å². The number of rotatable bonds is 4. The largest absolute Gasteiger partial charge is 0.366 e. The summed E-state index contributed by atoms with van der Waals surface area (Å²) in [6, 6.07) is 3.21. The number of primary amides is 1. The first-order valence-corrected chi connectivity index (χ1v) is 6.55. The summed E-state index contributed by atoms with van der Waals surface area (Å²) in [5, 5.41) is 4.89. The van der Waals surface area contributed by atoms with E-state index in [1.54, 1.807) is 35.0 Å². The molecular weight excluding hydrogens is 256 g/mol. The Kier molecular flexibility index (Phi) is 3.74. The van der Waals surface area contributed by atoms with Crippen molar-refractivity contribution in [1.82, 2.24) is 14.7 Å². The molecule has 0 atom stereocenters. The van der Waals surface area contributed by atoms with Crippen LogP contribution in [0.25, 0.3) is 10.9 Å². The minimum atomic E-state index is -0.546. The van der Waals surface area contributed by atoms with E-state index in [2.05, 4.69) is 5.10 Å². The lowest BCUT2D eigenvalue weighted by Crippen LogP contribution is -2.30. The third-order valence-corrected chi connectivity index (χ3v) is 3.34. The molecule has 0 aliphatic rings. The van der Waals surface area contributed by atoms with E-state index in [4.69, 9.17) is 5.73 Å². The molecule has 0 fully saturated rings. The zero-order valence-electron chi connectivity index (χ0n) is 11.9. The molecule has 0 saturated heterocycles. The molecule has 1 heterocycles. The Morgan fingerprint density at radius 2 is 1.85 bits per heavy atom. The van der Waals surface area contributed by atoms with Crippen molar-refractivity contribution in [2.75, 3.05) is 13.1 Å². The molecule has 0 aliphatic carbocycles. The topological polar surface area (TPSA) is 81.2 Å². The maximum Gasteiger partial charge on any atom is 0.254 e. The van der Waals surface area contributed by atoms with Gasteiger partial charge in [0.1, 0.15) is 5.52 Å². The lowest BCUT2D eigenvalue weighted by Gasteiger charge is -2.19. The smallest absolute Gasteiger partial charge is 0.254 e. The van der Waals surface area contributed by atoms with Gasteiger partial charge in [-0.05, 0) is 26.0 Å². The van der Waals surface area contributed by atoms with Crippen LogP contribution in [0.1, 0.15) is 34.6 Å². The molecule has 2 amide bonds. The van der Waals surface area contributed by atoms with Crippen LogP contribution in [0.2, 0.25) is 0 Å². The third kappa shape index (κ3) is 2.24. The Morgan fingerprint density at radius 1 is 1.25 bits per heavy atom. The summed E-state index contributed by atoms with van der Waals surface area (Å²) in [6.45, 7) is 5.13. The number of aryl methyl sites for hydroxylation is 1. The first kappa shape index (κ1) is 14.0. The van der Waals surface area contributed by atoms with Crippen LogP contribution in [-0.2, 0) is 7.05 Å². The Bertz CT molecular complexity index is 671. The van der Waals surface area contributed by atoms with E-state index >= 15 is 0 Å². The van der Waals surface area contributed by atoms with Crippen molar-refractivity contribution >= 4 is 22.7 Å². The first-order valence-electron chi connectivity index (χ1n) is 6.55. The van der Waals surface area contributed by atoms with Crippen LogP contribution >= 0.6 is 0 Å². The Balaban J connectivity index is 2.64. The van der Waals surface area contributed by atoms with Crippen molar-refractivity contribution in [1.29, 1.82) is 0 Å². The van der Waals surface area contributed by atoms with Crippen molar-refractivity contribution in [3.8, 4) is 0 Å². The highest BCUT2D eigenvalue weighted by molar-refractivity contribution is 6.12. The Labute approximate surface area is 117 Å². The highest BCUT2D eigenvalue weighted by atomic mass is 16.2. The average molecular weight is 274 g/mol. The van der Waals surface area contributed by atoms with Crippen molar-refractivity contribution in [2.45, 2.75) is 13.8 Å². The van der Waals surface area contributed by atoms with Crippen LogP contribution in [0, 0.1) is 0 Å². The normalized spacial score (nSPS) is 10.8. The second kappa shape index (κ2) is 5.32. The second-order valence-electron chi connectivity index (χ2n) is 4.57. The predicted octanol–water partition coefficient (Wildman–Crippen LogP) is 1.15. The quantitative estimate of drug-likeness (QED) is 0.908. The van der Waals surface area contributed by atoms with E-state index in [1.807, 2.05) is 13.8 Å². The van der Waals surface area contributed by atoms with Crippen molar-refractivity contribution in [3.63, 3.8) is 0 Å². The summed E-state index contributed by atoms with van der Waals surface area (Å²) in [5.74, 6) is -0.612. The van der Waals surface area contributed by atoms with Gasteiger partial charge in [-0.15, -0.1) is 0 Å². The molecule has 1 aromatic carbocycles. The number of amides is 2. The number of hydrogen-bond acceptors (Lipinski definition) is 3. The highest BCUT2D eigenvalue weighted by Gasteiger charge is 2.20. The van der Waals surface area contributed by atoms with E-state index in [0.717, 1.165) is 0 Å². The summed E-state index contributed by atoms with van der Waals surface area (Å²) >= 11 is 0. The van der Waals surface area contributed by atoms with E-state index in [1.165, 1.54) is 0 Å². The van der Waals surface area contributed by atoms with Crippen LogP contribution in [-0.4, -0.2) is 39.6 Å². The summed E-state index contributed by atoms with van der Waals surface area (Å²) in [5.41, 5.74) is 6.69. The molecule has 2 aromatic rings. The molecule has 2 rings (SSSR count). The van der Waals surface area contributed by atoms with Gasteiger partial charge in [0.05, 0.1) is 11.1 Å². The molecule has 20 heavy (non-hydrogen) atoms. The molecular formula is C14H18N4O2. The second-order valence-corrected chi connectivity index (χ2v) is 4.57.